The van der Waals surface area contributed by atoms with Crippen LogP contribution >= 0.6 is 11.6 Å². The summed E-state index contributed by atoms with van der Waals surface area (Å²) in [6.07, 6.45) is 2.10. The van der Waals surface area contributed by atoms with Crippen LogP contribution in [-0.2, 0) is 27.2 Å². The second-order valence-corrected chi connectivity index (χ2v) is 9.41. The number of rotatable bonds is 7. The van der Waals surface area contributed by atoms with Gasteiger partial charge < -0.3 is 19.9 Å². The quantitative estimate of drug-likeness (QED) is 0.647. The van der Waals surface area contributed by atoms with E-state index in [-0.39, 0.29) is 30.8 Å². The second kappa shape index (κ2) is 12.0. The molecule has 0 saturated carbocycles. The maximum absolute atomic E-state index is 12.5. The number of hydrogen-bond donors (Lipinski definition) is 2. The first kappa shape index (κ1) is 24.2. The summed E-state index contributed by atoms with van der Waals surface area (Å²) >= 11 is 6.03. The fourth-order valence-corrected chi connectivity index (χ4v) is 4.85. The van der Waals surface area contributed by atoms with Gasteiger partial charge in [-0.15, -0.1) is 0 Å². The van der Waals surface area contributed by atoms with Gasteiger partial charge in [-0.1, -0.05) is 54.1 Å². The van der Waals surface area contributed by atoms with Crippen LogP contribution < -0.4 is 5.32 Å². The van der Waals surface area contributed by atoms with E-state index in [9.17, 15) is 9.90 Å². The van der Waals surface area contributed by atoms with E-state index in [1.165, 1.54) is 5.56 Å². The van der Waals surface area contributed by atoms with E-state index in [2.05, 4.69) is 22.3 Å². The number of β-amino-alcohol motifs (C(OH)–C–C–N with tert-alkyl or cyclic N) is 1. The van der Waals surface area contributed by atoms with Crippen molar-refractivity contribution in [1.82, 2.24) is 10.2 Å². The van der Waals surface area contributed by atoms with Gasteiger partial charge in [-0.3, -0.25) is 9.69 Å². The van der Waals surface area contributed by atoms with Gasteiger partial charge in [0.25, 0.3) is 0 Å². The number of aliphatic hydroxyl groups excluding tert-OH is 1. The lowest BCUT2D eigenvalue weighted by molar-refractivity contribution is -0.158. The van der Waals surface area contributed by atoms with Crippen LogP contribution in [0.5, 0.6) is 0 Å². The normalized spacial score (nSPS) is 26.1. The minimum absolute atomic E-state index is 0.0228. The van der Waals surface area contributed by atoms with Gasteiger partial charge in [-0.25, -0.2) is 0 Å². The van der Waals surface area contributed by atoms with Crippen molar-refractivity contribution < 1.29 is 19.4 Å². The maximum Gasteiger partial charge on any atom is 0.222 e. The number of carbonyl (C=O) groups excluding carboxylic acids is 1. The van der Waals surface area contributed by atoms with E-state index in [1.807, 2.05) is 42.5 Å². The Kier molecular flexibility index (Phi) is 8.75. The highest BCUT2D eigenvalue weighted by atomic mass is 35.5. The summed E-state index contributed by atoms with van der Waals surface area (Å²) in [6, 6.07) is 18.1. The van der Waals surface area contributed by atoms with Crippen molar-refractivity contribution in [3.8, 4) is 0 Å². The van der Waals surface area contributed by atoms with Gasteiger partial charge in [0.15, 0.2) is 0 Å². The van der Waals surface area contributed by atoms with Gasteiger partial charge in [0.05, 0.1) is 37.9 Å². The fourth-order valence-electron chi connectivity index (χ4n) is 4.72. The summed E-state index contributed by atoms with van der Waals surface area (Å²) in [5.41, 5.74) is 2.36. The molecule has 2 aliphatic heterocycles. The van der Waals surface area contributed by atoms with Crippen LogP contribution in [0, 0.1) is 0 Å². The number of amides is 1. The lowest BCUT2D eigenvalue weighted by Gasteiger charge is -2.44. The predicted molar refractivity (Wildman–Crippen MR) is 128 cm³/mol. The molecule has 0 unspecified atom stereocenters. The molecule has 4 rings (SSSR count). The predicted octanol–water partition coefficient (Wildman–Crippen LogP) is 3.20. The molecule has 2 aromatic rings. The molecular weight excluding hydrogens is 440 g/mol. The van der Waals surface area contributed by atoms with E-state index in [1.54, 1.807) is 0 Å². The average molecular weight is 473 g/mol. The summed E-state index contributed by atoms with van der Waals surface area (Å²) in [4.78, 5) is 14.8. The number of benzene rings is 2. The van der Waals surface area contributed by atoms with Gasteiger partial charge in [0, 0.05) is 30.7 Å². The molecule has 178 valence electrons. The summed E-state index contributed by atoms with van der Waals surface area (Å²) in [6.45, 7) is 2.57. The first-order valence-electron chi connectivity index (χ1n) is 11.8. The van der Waals surface area contributed by atoms with Crippen molar-refractivity contribution in [3.05, 3.63) is 70.7 Å². The lowest BCUT2D eigenvalue weighted by atomic mass is 9.94. The van der Waals surface area contributed by atoms with E-state index < -0.39 is 6.10 Å². The lowest BCUT2D eigenvalue weighted by Crippen LogP contribution is -2.55. The van der Waals surface area contributed by atoms with Crippen LogP contribution in [0.1, 0.15) is 30.4 Å². The Morgan fingerprint density at radius 2 is 1.85 bits per heavy atom. The Morgan fingerprint density at radius 1 is 1.06 bits per heavy atom. The first-order chi connectivity index (χ1) is 16.1. The SMILES string of the molecule is O=C(C[C@H]1CC[C@H]2[C@@H](COC[C@H](O)CN2Cc2ccc(Cl)cc2)O1)NCCc1ccccc1. The molecular formula is C26H33ClN2O4. The number of carbonyl (C=O) groups is 1. The molecule has 7 heteroatoms. The zero-order chi connectivity index (χ0) is 23.0. The smallest absolute Gasteiger partial charge is 0.222 e. The number of halogens is 1. The minimum Gasteiger partial charge on any atom is -0.389 e. The zero-order valence-electron chi connectivity index (χ0n) is 18.9. The fraction of sp³-hybridized carbons (Fsp3) is 0.500. The molecule has 2 saturated heterocycles. The molecule has 33 heavy (non-hydrogen) atoms. The van der Waals surface area contributed by atoms with Crippen molar-refractivity contribution in [2.75, 3.05) is 26.3 Å². The molecule has 4 atom stereocenters. The summed E-state index contributed by atoms with van der Waals surface area (Å²) in [7, 11) is 0. The van der Waals surface area contributed by atoms with Gasteiger partial charge in [0.2, 0.25) is 5.91 Å². The van der Waals surface area contributed by atoms with E-state index in [0.29, 0.717) is 37.7 Å². The van der Waals surface area contributed by atoms with E-state index >= 15 is 0 Å². The Bertz CT molecular complexity index is 880. The molecule has 1 amide bonds. The number of nitrogens with one attached hydrogen (secondary N) is 1. The Morgan fingerprint density at radius 3 is 2.64 bits per heavy atom. The number of aliphatic hydroxyl groups is 1. The van der Waals surface area contributed by atoms with Crippen LogP contribution in [0.4, 0.5) is 0 Å². The number of nitrogens with zero attached hydrogens (tertiary/aromatic N) is 1. The second-order valence-electron chi connectivity index (χ2n) is 8.98. The Labute approximate surface area is 200 Å². The molecule has 6 nitrogen and oxygen atoms in total. The summed E-state index contributed by atoms with van der Waals surface area (Å²) < 4.78 is 12.1. The summed E-state index contributed by atoms with van der Waals surface area (Å²) in [5.74, 6) is 0.0228. The highest BCUT2D eigenvalue weighted by molar-refractivity contribution is 6.30. The van der Waals surface area contributed by atoms with Crippen LogP contribution in [0.25, 0.3) is 0 Å². The van der Waals surface area contributed by atoms with Crippen molar-refractivity contribution in [2.45, 2.75) is 56.6 Å². The van der Waals surface area contributed by atoms with Gasteiger partial charge in [-0.05, 0) is 42.5 Å². The third-order valence-electron chi connectivity index (χ3n) is 6.38. The Hall–Kier alpha value is -1.96. The highest BCUT2D eigenvalue weighted by Crippen LogP contribution is 2.29. The van der Waals surface area contributed by atoms with Crippen molar-refractivity contribution in [3.63, 3.8) is 0 Å². The number of ether oxygens (including phenoxy) is 2. The summed E-state index contributed by atoms with van der Waals surface area (Å²) in [5, 5.41) is 14.1. The van der Waals surface area contributed by atoms with Crippen LogP contribution in [0.15, 0.2) is 54.6 Å². The van der Waals surface area contributed by atoms with Crippen molar-refractivity contribution in [1.29, 1.82) is 0 Å². The third-order valence-corrected chi connectivity index (χ3v) is 6.63. The number of hydrogen-bond acceptors (Lipinski definition) is 5. The monoisotopic (exact) mass is 472 g/mol. The van der Waals surface area contributed by atoms with Crippen molar-refractivity contribution >= 4 is 17.5 Å². The zero-order valence-corrected chi connectivity index (χ0v) is 19.6. The molecule has 0 aliphatic carbocycles. The van der Waals surface area contributed by atoms with Crippen LogP contribution in [0.2, 0.25) is 5.02 Å². The molecule has 0 radical (unpaired) electrons. The molecule has 0 aromatic heterocycles. The van der Waals surface area contributed by atoms with Crippen LogP contribution in [0.3, 0.4) is 0 Å². The highest BCUT2D eigenvalue weighted by Gasteiger charge is 2.38. The van der Waals surface area contributed by atoms with Gasteiger partial charge in [0.1, 0.15) is 0 Å². The molecule has 2 heterocycles. The van der Waals surface area contributed by atoms with E-state index in [4.69, 9.17) is 21.1 Å². The minimum atomic E-state index is -0.536. The van der Waals surface area contributed by atoms with E-state index in [0.717, 1.165) is 24.8 Å². The Balaban J connectivity index is 1.30. The molecule has 0 bridgehead atoms. The van der Waals surface area contributed by atoms with Crippen molar-refractivity contribution in [2.24, 2.45) is 0 Å². The van der Waals surface area contributed by atoms with Gasteiger partial charge >= 0.3 is 0 Å². The standard InChI is InChI=1S/C26H33ClN2O4/c27-21-8-6-20(7-9-21)15-29-16-22(30)17-32-18-25-24(29)11-10-23(33-25)14-26(31)28-13-12-19-4-2-1-3-5-19/h1-9,22-25,30H,10-18H2,(H,28,31)/t22-,23-,24+,25-/m1/s1. The molecule has 2 N–H and O–H groups in total. The number of fused-ring (bicyclic) bond motifs is 1. The third kappa shape index (κ3) is 7.26. The van der Waals surface area contributed by atoms with Gasteiger partial charge in [-0.2, -0.15) is 0 Å². The first-order valence-corrected chi connectivity index (χ1v) is 12.1. The molecule has 2 aliphatic rings. The topological polar surface area (TPSA) is 71.0 Å². The molecule has 2 aromatic carbocycles. The van der Waals surface area contributed by atoms with Crippen LogP contribution in [-0.4, -0.2) is 66.6 Å². The molecule has 0 spiro atoms. The average Bonchev–Trinajstić information content (AvgIpc) is 2.80. The molecule has 2 fully saturated rings. The largest absolute Gasteiger partial charge is 0.389 e. The maximum atomic E-state index is 12.5.